The molecule has 0 fully saturated rings. The van der Waals surface area contributed by atoms with Gasteiger partial charge in [0.1, 0.15) is 11.9 Å². The number of carboxylic acids is 1. The van der Waals surface area contributed by atoms with Crippen molar-refractivity contribution in [3.05, 3.63) is 73.8 Å². The summed E-state index contributed by atoms with van der Waals surface area (Å²) in [6.07, 6.45) is 3.43. The van der Waals surface area contributed by atoms with E-state index >= 15 is 0 Å². The second kappa shape index (κ2) is 11.6. The zero-order chi connectivity index (χ0) is 29.2. The van der Waals surface area contributed by atoms with Crippen molar-refractivity contribution < 1.29 is 18.3 Å². The number of rotatable bonds is 9. The topological polar surface area (TPSA) is 166 Å². The van der Waals surface area contributed by atoms with Crippen LogP contribution in [0.1, 0.15) is 39.2 Å². The van der Waals surface area contributed by atoms with Crippen molar-refractivity contribution in [1.29, 1.82) is 0 Å². The first kappa shape index (κ1) is 29.0. The lowest BCUT2D eigenvalue weighted by atomic mass is 9.95. The van der Waals surface area contributed by atoms with Crippen molar-refractivity contribution in [3.8, 4) is 0 Å². The van der Waals surface area contributed by atoms with Crippen LogP contribution >= 0.6 is 0 Å². The summed E-state index contributed by atoms with van der Waals surface area (Å²) in [6.45, 7) is 11.2. The maximum atomic E-state index is 13.4. The smallest absolute Gasteiger partial charge is 0.322 e. The molecule has 3 aromatic rings. The van der Waals surface area contributed by atoms with Gasteiger partial charge in [-0.2, -0.15) is 4.72 Å². The lowest BCUT2D eigenvalue weighted by Crippen LogP contribution is -2.43. The minimum Gasteiger partial charge on any atom is -0.480 e. The summed E-state index contributed by atoms with van der Waals surface area (Å²) in [5.41, 5.74) is 4.53. The van der Waals surface area contributed by atoms with Crippen LogP contribution in [0.15, 0.2) is 39.0 Å². The maximum absolute atomic E-state index is 13.4. The Balaban J connectivity index is 1.55. The average Bonchev–Trinajstić information content (AvgIpc) is 3.42. The Morgan fingerprint density at radius 1 is 1.10 bits per heavy atom. The monoisotopic (exact) mass is 566 g/mol. The molecule has 1 atom stereocenters. The Morgan fingerprint density at radius 2 is 1.77 bits per heavy atom. The van der Waals surface area contributed by atoms with Gasteiger partial charge >= 0.3 is 5.97 Å². The van der Waals surface area contributed by atoms with Crippen molar-refractivity contribution in [2.75, 3.05) is 19.6 Å². The molecular formula is C28H34N6O5S. The molecular weight excluding hydrogens is 532 g/mol. The molecule has 0 bridgehead atoms. The van der Waals surface area contributed by atoms with E-state index in [2.05, 4.69) is 30.3 Å². The van der Waals surface area contributed by atoms with E-state index in [0.29, 0.717) is 28.6 Å². The highest BCUT2D eigenvalue weighted by Gasteiger charge is 2.30. The first-order valence-electron chi connectivity index (χ1n) is 12.9. The maximum Gasteiger partial charge on any atom is 0.322 e. The van der Waals surface area contributed by atoms with Gasteiger partial charge in [-0.25, -0.2) is 13.4 Å². The van der Waals surface area contributed by atoms with Gasteiger partial charge in [0.05, 0.1) is 22.3 Å². The SMILES string of the molecule is Cc1c(C)c(C)c(S(=O)(=O)N[C@@H](Cc2nc3ccc(/C=C/CNC4=NCCN4)cc3c(=O)[nH]2)C(=O)O)c(C)c1C. The van der Waals surface area contributed by atoms with E-state index in [1.165, 1.54) is 0 Å². The highest BCUT2D eigenvalue weighted by Crippen LogP contribution is 2.29. The number of fused-ring (bicyclic) bond motifs is 1. The van der Waals surface area contributed by atoms with Crippen LogP contribution in [-0.2, 0) is 21.2 Å². The first-order chi connectivity index (χ1) is 18.9. The third-order valence-electron chi connectivity index (χ3n) is 7.34. The third kappa shape index (κ3) is 6.07. The van der Waals surface area contributed by atoms with Gasteiger partial charge in [-0.3, -0.25) is 14.6 Å². The molecule has 0 radical (unpaired) electrons. The average molecular weight is 567 g/mol. The van der Waals surface area contributed by atoms with Gasteiger partial charge in [0.2, 0.25) is 10.0 Å². The molecule has 11 nitrogen and oxygen atoms in total. The molecule has 2 aromatic carbocycles. The van der Waals surface area contributed by atoms with Gasteiger partial charge in [-0.05, 0) is 80.1 Å². The molecule has 0 saturated carbocycles. The van der Waals surface area contributed by atoms with E-state index in [9.17, 15) is 23.1 Å². The van der Waals surface area contributed by atoms with E-state index in [4.69, 9.17) is 0 Å². The molecule has 5 N–H and O–H groups in total. The van der Waals surface area contributed by atoms with Crippen molar-refractivity contribution in [3.63, 3.8) is 0 Å². The predicted octanol–water partition coefficient (Wildman–Crippen LogP) is 2.00. The Morgan fingerprint density at radius 3 is 2.40 bits per heavy atom. The van der Waals surface area contributed by atoms with Gasteiger partial charge in [-0.15, -0.1) is 0 Å². The van der Waals surface area contributed by atoms with Crippen molar-refractivity contribution in [2.24, 2.45) is 4.99 Å². The summed E-state index contributed by atoms with van der Waals surface area (Å²) in [6, 6.07) is 3.62. The zero-order valence-electron chi connectivity index (χ0n) is 23.2. The fourth-order valence-electron chi connectivity index (χ4n) is 4.76. The number of aliphatic imine (C=N–C) groups is 1. The molecule has 0 aliphatic carbocycles. The highest BCUT2D eigenvalue weighted by atomic mass is 32.2. The largest absolute Gasteiger partial charge is 0.480 e. The highest BCUT2D eigenvalue weighted by molar-refractivity contribution is 7.89. The van der Waals surface area contributed by atoms with E-state index in [-0.39, 0.29) is 17.1 Å². The molecule has 4 rings (SSSR count). The number of nitrogens with zero attached hydrogens (tertiary/aromatic N) is 2. The van der Waals surface area contributed by atoms with Crippen LogP contribution in [0.25, 0.3) is 17.0 Å². The van der Waals surface area contributed by atoms with Crippen LogP contribution in [0.3, 0.4) is 0 Å². The minimum atomic E-state index is -4.20. The number of carboxylic acid groups (broad SMARTS) is 1. The summed E-state index contributed by atoms with van der Waals surface area (Å²) < 4.78 is 29.1. The summed E-state index contributed by atoms with van der Waals surface area (Å²) in [4.78, 5) is 36.3. The van der Waals surface area contributed by atoms with Gasteiger partial charge in [-0.1, -0.05) is 18.2 Å². The van der Waals surface area contributed by atoms with Gasteiger partial charge in [0.25, 0.3) is 5.56 Å². The molecule has 2 heterocycles. The number of benzene rings is 2. The molecule has 1 aliphatic heterocycles. The van der Waals surface area contributed by atoms with Crippen LogP contribution in [0.5, 0.6) is 0 Å². The minimum absolute atomic E-state index is 0.0645. The lowest BCUT2D eigenvalue weighted by Gasteiger charge is -2.21. The van der Waals surface area contributed by atoms with Crippen LogP contribution in [0.2, 0.25) is 0 Å². The van der Waals surface area contributed by atoms with Crippen molar-refractivity contribution >= 4 is 38.9 Å². The number of hydrogen-bond donors (Lipinski definition) is 5. The Bertz CT molecular complexity index is 1680. The number of nitrogens with one attached hydrogen (secondary N) is 4. The van der Waals surface area contributed by atoms with E-state index < -0.39 is 27.6 Å². The molecule has 0 unspecified atom stereocenters. The number of aliphatic carboxylic acids is 1. The Hall–Kier alpha value is -4.03. The van der Waals surface area contributed by atoms with Crippen molar-refractivity contribution in [1.82, 2.24) is 25.3 Å². The van der Waals surface area contributed by atoms with Gasteiger partial charge in [0, 0.05) is 19.5 Å². The molecule has 0 spiro atoms. The summed E-state index contributed by atoms with van der Waals surface area (Å²) in [5, 5.41) is 16.5. The molecule has 0 amide bonds. The number of aromatic nitrogens is 2. The van der Waals surface area contributed by atoms with E-state index in [1.54, 1.807) is 32.0 Å². The van der Waals surface area contributed by atoms with Gasteiger partial charge < -0.3 is 20.7 Å². The standard InChI is InChI=1S/C28H34N6O5S/c1-15-16(2)18(4)25(19(5)17(15)3)40(38,39)34-23(27(36)37)14-24-32-22-9-8-20(13-21(22)26(35)33-24)7-6-10-29-28-30-11-12-31-28/h6-9,13,23,34H,10-12,14H2,1-5H3,(H,36,37)(H2,29,30,31)(H,32,33,35)/b7-6+/t23-/m0/s1. The molecule has 0 saturated heterocycles. The molecule has 1 aliphatic rings. The summed E-state index contributed by atoms with van der Waals surface area (Å²) in [7, 11) is -4.20. The molecule has 212 valence electrons. The zero-order valence-corrected chi connectivity index (χ0v) is 24.0. The first-order valence-corrected chi connectivity index (χ1v) is 14.4. The molecule has 12 heteroatoms. The van der Waals surface area contributed by atoms with Crippen LogP contribution in [0.4, 0.5) is 0 Å². The number of carbonyl (C=O) groups is 1. The second-order valence-electron chi connectivity index (χ2n) is 9.90. The van der Waals surface area contributed by atoms with Gasteiger partial charge in [0.15, 0.2) is 5.96 Å². The van der Waals surface area contributed by atoms with Crippen LogP contribution in [-0.4, -0.2) is 61.1 Å². The number of guanidine groups is 1. The number of hydrogen-bond acceptors (Lipinski definition) is 8. The Kier molecular flexibility index (Phi) is 8.40. The third-order valence-corrected chi connectivity index (χ3v) is 9.09. The lowest BCUT2D eigenvalue weighted by molar-refractivity contribution is -0.139. The Labute approximate surface area is 232 Å². The fraction of sp³-hybridized carbons (Fsp3) is 0.357. The molecule has 1 aromatic heterocycles. The summed E-state index contributed by atoms with van der Waals surface area (Å²) >= 11 is 0. The van der Waals surface area contributed by atoms with E-state index in [0.717, 1.165) is 41.3 Å². The predicted molar refractivity (Wildman–Crippen MR) is 155 cm³/mol. The van der Waals surface area contributed by atoms with Crippen LogP contribution in [0, 0.1) is 34.6 Å². The van der Waals surface area contributed by atoms with Crippen molar-refractivity contribution in [2.45, 2.75) is 52.0 Å². The van der Waals surface area contributed by atoms with E-state index in [1.807, 2.05) is 32.9 Å². The molecule has 40 heavy (non-hydrogen) atoms. The number of H-pyrrole nitrogens is 1. The number of sulfonamides is 1. The summed E-state index contributed by atoms with van der Waals surface area (Å²) in [5.74, 6) is -0.558. The fourth-order valence-corrected chi connectivity index (χ4v) is 6.55. The second-order valence-corrected chi connectivity index (χ2v) is 11.6. The van der Waals surface area contributed by atoms with Crippen LogP contribution < -0.4 is 20.9 Å². The quantitative estimate of drug-likeness (QED) is 0.262. The number of aromatic amines is 1. The normalized spacial score (nSPS) is 14.4.